The van der Waals surface area contributed by atoms with E-state index in [0.29, 0.717) is 17.7 Å². The zero-order chi connectivity index (χ0) is 15.2. The lowest BCUT2D eigenvalue weighted by molar-refractivity contribution is -0.0272. The summed E-state index contributed by atoms with van der Waals surface area (Å²) in [7, 11) is 2.14. The van der Waals surface area contributed by atoms with Gasteiger partial charge in [-0.15, -0.1) is 0 Å². The summed E-state index contributed by atoms with van der Waals surface area (Å²) in [6.45, 7) is 3.89. The molecule has 1 fully saturated rings. The highest BCUT2D eigenvalue weighted by atomic mass is 16.5. The zero-order valence-corrected chi connectivity index (χ0v) is 12.9. The van der Waals surface area contributed by atoms with Gasteiger partial charge in [-0.05, 0) is 44.0 Å². The Kier molecular flexibility index (Phi) is 5.76. The summed E-state index contributed by atoms with van der Waals surface area (Å²) >= 11 is 0. The van der Waals surface area contributed by atoms with E-state index in [1.807, 2.05) is 12.1 Å². The van der Waals surface area contributed by atoms with Gasteiger partial charge >= 0.3 is 5.97 Å². The molecule has 2 atom stereocenters. The lowest BCUT2D eigenvalue weighted by Gasteiger charge is -2.35. The highest BCUT2D eigenvalue weighted by Gasteiger charge is 2.24. The molecule has 1 aliphatic rings. The minimum absolute atomic E-state index is 0.343. The average molecular weight is 291 g/mol. The third-order valence-electron chi connectivity index (χ3n) is 4.21. The van der Waals surface area contributed by atoms with Crippen LogP contribution in [0.15, 0.2) is 24.3 Å². The van der Waals surface area contributed by atoms with Gasteiger partial charge in [-0.25, -0.2) is 4.79 Å². The van der Waals surface area contributed by atoms with Crippen molar-refractivity contribution in [3.8, 4) is 0 Å². The van der Waals surface area contributed by atoms with E-state index in [9.17, 15) is 4.79 Å². The zero-order valence-electron chi connectivity index (χ0n) is 12.9. The minimum atomic E-state index is -0.873. The van der Waals surface area contributed by atoms with Gasteiger partial charge in [0.15, 0.2) is 0 Å². The van der Waals surface area contributed by atoms with Crippen LogP contribution in [0.1, 0.15) is 48.5 Å². The quantitative estimate of drug-likeness (QED) is 0.874. The smallest absolute Gasteiger partial charge is 0.335 e. The van der Waals surface area contributed by atoms with Crippen molar-refractivity contribution in [2.45, 2.75) is 51.3 Å². The fraction of sp³-hybridized carbons (Fsp3) is 0.588. The molecule has 4 nitrogen and oxygen atoms in total. The van der Waals surface area contributed by atoms with Crippen LogP contribution in [-0.2, 0) is 11.3 Å². The van der Waals surface area contributed by atoms with Crippen LogP contribution >= 0.6 is 0 Å². The van der Waals surface area contributed by atoms with Crippen LogP contribution in [0.4, 0.5) is 0 Å². The van der Waals surface area contributed by atoms with Crippen molar-refractivity contribution in [3.63, 3.8) is 0 Å². The van der Waals surface area contributed by atoms with Gasteiger partial charge in [0.05, 0.1) is 11.7 Å². The van der Waals surface area contributed by atoms with Gasteiger partial charge in [-0.1, -0.05) is 25.5 Å². The SMILES string of the molecule is CCCC1CC(N(C)Cc2ccc(C(=O)O)cc2)CCO1. The van der Waals surface area contributed by atoms with Crippen LogP contribution in [0.5, 0.6) is 0 Å². The molecule has 0 amide bonds. The number of hydrogen-bond acceptors (Lipinski definition) is 3. The molecule has 2 unspecified atom stereocenters. The highest BCUT2D eigenvalue weighted by Crippen LogP contribution is 2.22. The Labute approximate surface area is 126 Å². The molecule has 0 aliphatic carbocycles. The molecule has 0 bridgehead atoms. The Morgan fingerprint density at radius 2 is 2.10 bits per heavy atom. The molecule has 1 N–H and O–H groups in total. The first-order valence-corrected chi connectivity index (χ1v) is 7.74. The van der Waals surface area contributed by atoms with Crippen molar-refractivity contribution in [3.05, 3.63) is 35.4 Å². The highest BCUT2D eigenvalue weighted by molar-refractivity contribution is 5.87. The summed E-state index contributed by atoms with van der Waals surface area (Å²) in [5.41, 5.74) is 1.50. The van der Waals surface area contributed by atoms with E-state index in [0.717, 1.165) is 44.4 Å². The topological polar surface area (TPSA) is 49.8 Å². The Hall–Kier alpha value is -1.39. The second-order valence-corrected chi connectivity index (χ2v) is 5.88. The molecule has 1 aliphatic heterocycles. The maximum Gasteiger partial charge on any atom is 0.335 e. The molecule has 116 valence electrons. The molecular formula is C17H25NO3. The van der Waals surface area contributed by atoms with Crippen molar-refractivity contribution in [2.75, 3.05) is 13.7 Å². The second-order valence-electron chi connectivity index (χ2n) is 5.88. The van der Waals surface area contributed by atoms with E-state index in [1.54, 1.807) is 12.1 Å². The van der Waals surface area contributed by atoms with Gasteiger partial charge in [-0.2, -0.15) is 0 Å². The molecule has 1 aromatic carbocycles. The van der Waals surface area contributed by atoms with Gasteiger partial charge in [0, 0.05) is 19.2 Å². The van der Waals surface area contributed by atoms with Gasteiger partial charge < -0.3 is 9.84 Å². The number of rotatable bonds is 6. The van der Waals surface area contributed by atoms with Gasteiger partial charge in [-0.3, -0.25) is 4.90 Å². The molecule has 4 heteroatoms. The number of hydrogen-bond donors (Lipinski definition) is 1. The molecule has 21 heavy (non-hydrogen) atoms. The van der Waals surface area contributed by atoms with Gasteiger partial charge in [0.25, 0.3) is 0 Å². The summed E-state index contributed by atoms with van der Waals surface area (Å²) in [6, 6.07) is 7.71. The van der Waals surface area contributed by atoms with E-state index in [1.165, 1.54) is 0 Å². The molecule has 2 rings (SSSR count). The van der Waals surface area contributed by atoms with E-state index in [-0.39, 0.29) is 0 Å². The summed E-state index contributed by atoms with van der Waals surface area (Å²) in [5.74, 6) is -0.873. The van der Waals surface area contributed by atoms with E-state index in [4.69, 9.17) is 9.84 Å². The van der Waals surface area contributed by atoms with Gasteiger partial charge in [0.2, 0.25) is 0 Å². The standard InChI is InChI=1S/C17H25NO3/c1-3-4-16-11-15(9-10-21-16)18(2)12-13-5-7-14(8-6-13)17(19)20/h5-8,15-16H,3-4,9-12H2,1-2H3,(H,19,20). The molecule has 1 saturated heterocycles. The Bertz CT molecular complexity index is 456. The van der Waals surface area contributed by atoms with Gasteiger partial charge in [0.1, 0.15) is 0 Å². The lowest BCUT2D eigenvalue weighted by Crippen LogP contribution is -2.39. The van der Waals surface area contributed by atoms with Crippen LogP contribution < -0.4 is 0 Å². The van der Waals surface area contributed by atoms with E-state index in [2.05, 4.69) is 18.9 Å². The number of nitrogens with zero attached hydrogens (tertiary/aromatic N) is 1. The van der Waals surface area contributed by atoms with Crippen LogP contribution in [0, 0.1) is 0 Å². The average Bonchev–Trinajstić information content (AvgIpc) is 2.48. The summed E-state index contributed by atoms with van der Waals surface area (Å²) in [5, 5.41) is 8.92. The molecule has 0 aromatic heterocycles. The minimum Gasteiger partial charge on any atom is -0.478 e. The van der Waals surface area contributed by atoms with Crippen molar-refractivity contribution in [2.24, 2.45) is 0 Å². The van der Waals surface area contributed by atoms with E-state index >= 15 is 0 Å². The summed E-state index contributed by atoms with van der Waals surface area (Å²) < 4.78 is 5.80. The Balaban J connectivity index is 1.91. The lowest BCUT2D eigenvalue weighted by atomic mass is 9.98. The number of aromatic carboxylic acids is 1. The van der Waals surface area contributed by atoms with Crippen LogP contribution in [0.3, 0.4) is 0 Å². The predicted molar refractivity (Wildman–Crippen MR) is 82.5 cm³/mol. The predicted octanol–water partition coefficient (Wildman–Crippen LogP) is 3.16. The van der Waals surface area contributed by atoms with Crippen molar-refractivity contribution in [1.82, 2.24) is 4.90 Å². The summed E-state index contributed by atoms with van der Waals surface area (Å²) in [4.78, 5) is 13.2. The van der Waals surface area contributed by atoms with Crippen molar-refractivity contribution in [1.29, 1.82) is 0 Å². The molecule has 1 heterocycles. The third kappa shape index (κ3) is 4.55. The van der Waals surface area contributed by atoms with Crippen molar-refractivity contribution < 1.29 is 14.6 Å². The molecule has 0 spiro atoms. The normalized spacial score (nSPS) is 22.4. The third-order valence-corrected chi connectivity index (χ3v) is 4.21. The maximum absolute atomic E-state index is 10.9. The van der Waals surface area contributed by atoms with Crippen LogP contribution in [0.2, 0.25) is 0 Å². The number of carbonyl (C=O) groups is 1. The number of benzene rings is 1. The fourth-order valence-electron chi connectivity index (χ4n) is 2.95. The Morgan fingerprint density at radius 3 is 2.71 bits per heavy atom. The van der Waals surface area contributed by atoms with Crippen LogP contribution in [-0.4, -0.2) is 41.8 Å². The fourth-order valence-corrected chi connectivity index (χ4v) is 2.95. The van der Waals surface area contributed by atoms with Crippen molar-refractivity contribution >= 4 is 5.97 Å². The second kappa shape index (κ2) is 7.57. The molecule has 1 aromatic rings. The number of ether oxygens (including phenoxy) is 1. The molecule has 0 radical (unpaired) electrons. The largest absolute Gasteiger partial charge is 0.478 e. The molecular weight excluding hydrogens is 266 g/mol. The van der Waals surface area contributed by atoms with E-state index < -0.39 is 5.97 Å². The first-order valence-electron chi connectivity index (χ1n) is 7.74. The maximum atomic E-state index is 10.9. The first-order chi connectivity index (χ1) is 10.1. The van der Waals surface area contributed by atoms with Crippen LogP contribution in [0.25, 0.3) is 0 Å². The monoisotopic (exact) mass is 291 g/mol. The number of carboxylic acid groups (broad SMARTS) is 1. The summed E-state index contributed by atoms with van der Waals surface area (Å²) in [6.07, 6.45) is 4.86. The Morgan fingerprint density at radius 1 is 1.38 bits per heavy atom. The number of carboxylic acids is 1. The molecule has 0 saturated carbocycles. The first kappa shape index (κ1) is 16.0.